The van der Waals surface area contributed by atoms with Crippen molar-refractivity contribution in [2.75, 3.05) is 24.5 Å². The van der Waals surface area contributed by atoms with E-state index in [1.807, 2.05) is 58.0 Å². The fraction of sp³-hybridized carbons (Fsp3) is 0.333. The zero-order valence-corrected chi connectivity index (χ0v) is 24.0. The molecule has 0 aliphatic rings. The Hall–Kier alpha value is -3.85. The van der Waals surface area contributed by atoms with Crippen molar-refractivity contribution >= 4 is 27.5 Å². The van der Waals surface area contributed by atoms with Crippen molar-refractivity contribution in [3.05, 3.63) is 89.5 Å². The number of nitrogens with zero attached hydrogens (tertiary/aromatic N) is 2. The van der Waals surface area contributed by atoms with E-state index in [4.69, 9.17) is 4.74 Å². The molecule has 39 heavy (non-hydrogen) atoms. The molecule has 0 saturated heterocycles. The minimum atomic E-state index is -4.17. The maximum atomic E-state index is 14.1. The SMILES string of the molecule is CCNC(=O)[C@@H](CC)N(Cc1ccccc1C)C(=O)CN(c1cc(C)ccc1OC)S(=O)(=O)c1ccccc1. The molecule has 3 aromatic carbocycles. The maximum Gasteiger partial charge on any atom is 0.264 e. The summed E-state index contributed by atoms with van der Waals surface area (Å²) >= 11 is 0. The number of anilines is 1. The molecule has 2 amide bonds. The van der Waals surface area contributed by atoms with Crippen LogP contribution in [-0.2, 0) is 26.2 Å². The Bertz CT molecular complexity index is 1390. The summed E-state index contributed by atoms with van der Waals surface area (Å²) in [6.45, 7) is 7.48. The summed E-state index contributed by atoms with van der Waals surface area (Å²) < 4.78 is 34.5. The van der Waals surface area contributed by atoms with Crippen LogP contribution in [0.3, 0.4) is 0 Å². The number of ether oxygens (including phenoxy) is 1. The predicted octanol–water partition coefficient (Wildman–Crippen LogP) is 4.45. The molecule has 208 valence electrons. The Morgan fingerprint density at radius 2 is 1.62 bits per heavy atom. The van der Waals surface area contributed by atoms with E-state index in [1.165, 1.54) is 24.1 Å². The smallest absolute Gasteiger partial charge is 0.264 e. The molecule has 3 rings (SSSR count). The van der Waals surface area contributed by atoms with Gasteiger partial charge < -0.3 is 15.0 Å². The second-order valence-electron chi connectivity index (χ2n) is 9.27. The van der Waals surface area contributed by atoms with Gasteiger partial charge in [-0.05, 0) is 68.1 Å². The van der Waals surface area contributed by atoms with E-state index in [0.717, 1.165) is 21.0 Å². The van der Waals surface area contributed by atoms with Gasteiger partial charge in [0.2, 0.25) is 11.8 Å². The Labute approximate surface area is 231 Å². The Morgan fingerprint density at radius 1 is 0.949 bits per heavy atom. The number of amides is 2. The molecule has 0 heterocycles. The topological polar surface area (TPSA) is 96.0 Å². The van der Waals surface area contributed by atoms with Gasteiger partial charge in [0.05, 0.1) is 17.7 Å². The van der Waals surface area contributed by atoms with Gasteiger partial charge >= 0.3 is 0 Å². The largest absolute Gasteiger partial charge is 0.495 e. The molecule has 9 heteroatoms. The first-order valence-electron chi connectivity index (χ1n) is 13.0. The zero-order chi connectivity index (χ0) is 28.6. The standard InChI is InChI=1S/C30H37N3O5S/c1-6-26(30(35)31-7-2)32(20-24-14-12-11-13-23(24)4)29(34)21-33(27-19-22(3)17-18-28(27)38-5)39(36,37)25-15-9-8-10-16-25/h8-19,26H,6-7,20-21H2,1-5H3,(H,31,35)/t26-/m1/s1. The van der Waals surface area contributed by atoms with Crippen LogP contribution in [0.15, 0.2) is 77.7 Å². The van der Waals surface area contributed by atoms with Gasteiger partial charge in [-0.3, -0.25) is 13.9 Å². The summed E-state index contributed by atoms with van der Waals surface area (Å²) in [4.78, 5) is 28.7. The number of benzene rings is 3. The van der Waals surface area contributed by atoms with Gasteiger partial charge in [-0.15, -0.1) is 0 Å². The van der Waals surface area contributed by atoms with Gasteiger partial charge in [-0.1, -0.05) is 55.5 Å². The summed E-state index contributed by atoms with van der Waals surface area (Å²) in [6, 6.07) is 20.0. The lowest BCUT2D eigenvalue weighted by molar-refractivity contribution is -0.140. The number of likely N-dealkylation sites (N-methyl/N-ethyl adjacent to an activating group) is 1. The predicted molar refractivity (Wildman–Crippen MR) is 153 cm³/mol. The van der Waals surface area contributed by atoms with Gasteiger partial charge in [-0.2, -0.15) is 0 Å². The highest BCUT2D eigenvalue weighted by atomic mass is 32.2. The molecule has 8 nitrogen and oxygen atoms in total. The number of sulfonamides is 1. The van der Waals surface area contributed by atoms with Crippen molar-refractivity contribution in [3.8, 4) is 5.75 Å². The molecule has 1 atom stereocenters. The quantitative estimate of drug-likeness (QED) is 0.359. The fourth-order valence-corrected chi connectivity index (χ4v) is 5.85. The summed E-state index contributed by atoms with van der Waals surface area (Å²) in [6.07, 6.45) is 0.364. The molecule has 0 aromatic heterocycles. The average molecular weight is 552 g/mol. The average Bonchev–Trinajstić information content (AvgIpc) is 2.93. The van der Waals surface area contributed by atoms with Crippen LogP contribution in [0.1, 0.15) is 37.0 Å². The third kappa shape index (κ3) is 6.97. The first-order chi connectivity index (χ1) is 18.6. The molecular weight excluding hydrogens is 514 g/mol. The maximum absolute atomic E-state index is 14.1. The number of hydrogen-bond donors (Lipinski definition) is 1. The second-order valence-corrected chi connectivity index (χ2v) is 11.1. The van der Waals surface area contributed by atoms with E-state index in [2.05, 4.69) is 5.32 Å². The van der Waals surface area contributed by atoms with Crippen molar-refractivity contribution in [2.24, 2.45) is 0 Å². The summed E-state index contributed by atoms with van der Waals surface area (Å²) in [5, 5.41) is 2.81. The minimum absolute atomic E-state index is 0.0441. The van der Waals surface area contributed by atoms with Crippen LogP contribution < -0.4 is 14.4 Å². The van der Waals surface area contributed by atoms with Crippen molar-refractivity contribution in [2.45, 2.75) is 51.6 Å². The van der Waals surface area contributed by atoms with Crippen LogP contribution in [0, 0.1) is 13.8 Å². The van der Waals surface area contributed by atoms with Crippen molar-refractivity contribution in [3.63, 3.8) is 0 Å². The number of carbonyl (C=O) groups is 2. The highest BCUT2D eigenvalue weighted by Gasteiger charge is 2.34. The summed E-state index contributed by atoms with van der Waals surface area (Å²) in [5.74, 6) is -0.471. The van der Waals surface area contributed by atoms with E-state index in [-0.39, 0.29) is 23.0 Å². The molecular formula is C30H37N3O5S. The number of nitrogens with one attached hydrogen (secondary N) is 1. The second kappa shape index (κ2) is 13.3. The van der Waals surface area contributed by atoms with Crippen LogP contribution in [0.5, 0.6) is 5.75 Å². The number of aryl methyl sites for hydroxylation is 2. The van der Waals surface area contributed by atoms with Crippen LogP contribution >= 0.6 is 0 Å². The third-order valence-electron chi connectivity index (χ3n) is 6.55. The fourth-order valence-electron chi connectivity index (χ4n) is 4.41. The van der Waals surface area contributed by atoms with E-state index < -0.39 is 28.5 Å². The zero-order valence-electron chi connectivity index (χ0n) is 23.2. The van der Waals surface area contributed by atoms with Crippen LogP contribution in [-0.4, -0.2) is 51.4 Å². The van der Waals surface area contributed by atoms with Gasteiger partial charge in [0.1, 0.15) is 18.3 Å². The molecule has 3 aromatic rings. The first kappa shape index (κ1) is 29.7. The normalized spacial score (nSPS) is 11.9. The Balaban J connectivity index is 2.13. The van der Waals surface area contributed by atoms with Crippen molar-refractivity contribution in [1.82, 2.24) is 10.2 Å². The molecule has 0 aliphatic heterocycles. The lowest BCUT2D eigenvalue weighted by Gasteiger charge is -2.33. The number of carbonyl (C=O) groups excluding carboxylic acids is 2. The first-order valence-corrected chi connectivity index (χ1v) is 14.4. The summed E-state index contributed by atoms with van der Waals surface area (Å²) in [5.41, 5.74) is 2.89. The highest BCUT2D eigenvalue weighted by molar-refractivity contribution is 7.92. The third-order valence-corrected chi connectivity index (χ3v) is 8.33. The monoisotopic (exact) mass is 551 g/mol. The molecule has 0 aliphatic carbocycles. The van der Waals surface area contributed by atoms with E-state index in [9.17, 15) is 18.0 Å². The Kier molecular flexibility index (Phi) is 10.1. The van der Waals surface area contributed by atoms with E-state index >= 15 is 0 Å². The van der Waals surface area contributed by atoms with Gasteiger partial charge in [0.15, 0.2) is 0 Å². The molecule has 0 spiro atoms. The molecule has 0 unspecified atom stereocenters. The van der Waals surface area contributed by atoms with Gasteiger partial charge in [0, 0.05) is 13.1 Å². The molecule has 1 N–H and O–H groups in total. The van der Waals surface area contributed by atoms with Crippen molar-refractivity contribution < 1.29 is 22.7 Å². The lowest BCUT2D eigenvalue weighted by atomic mass is 10.1. The number of hydrogen-bond acceptors (Lipinski definition) is 5. The minimum Gasteiger partial charge on any atom is -0.495 e. The van der Waals surface area contributed by atoms with Crippen LogP contribution in [0.25, 0.3) is 0 Å². The Morgan fingerprint density at radius 3 is 2.23 bits per heavy atom. The van der Waals surface area contributed by atoms with Gasteiger partial charge in [0.25, 0.3) is 10.0 Å². The summed E-state index contributed by atoms with van der Waals surface area (Å²) in [7, 11) is -2.72. The number of methoxy groups -OCH3 is 1. The lowest BCUT2D eigenvalue weighted by Crippen LogP contribution is -2.52. The van der Waals surface area contributed by atoms with Crippen LogP contribution in [0.4, 0.5) is 5.69 Å². The molecule has 0 saturated carbocycles. The van der Waals surface area contributed by atoms with E-state index in [0.29, 0.717) is 18.7 Å². The van der Waals surface area contributed by atoms with Crippen LogP contribution in [0.2, 0.25) is 0 Å². The molecule has 0 bridgehead atoms. The number of rotatable bonds is 12. The van der Waals surface area contributed by atoms with Crippen molar-refractivity contribution in [1.29, 1.82) is 0 Å². The molecule has 0 radical (unpaired) electrons. The van der Waals surface area contributed by atoms with Gasteiger partial charge in [-0.25, -0.2) is 8.42 Å². The van der Waals surface area contributed by atoms with E-state index in [1.54, 1.807) is 30.3 Å². The highest BCUT2D eigenvalue weighted by Crippen LogP contribution is 2.33. The molecule has 0 fully saturated rings.